The maximum absolute atomic E-state index is 4.41. The van der Waals surface area contributed by atoms with Crippen molar-refractivity contribution in [1.82, 2.24) is 0 Å². The van der Waals surface area contributed by atoms with Crippen molar-refractivity contribution in [3.8, 4) is 0 Å². The summed E-state index contributed by atoms with van der Waals surface area (Å²) in [5, 5.41) is 2.15. The molecule has 0 nitrogen and oxygen atoms in total. The Morgan fingerprint density at radius 1 is 1.08 bits per heavy atom. The molecule has 128 valence electrons. The quantitative estimate of drug-likeness (QED) is 0.500. The van der Waals surface area contributed by atoms with Gasteiger partial charge in [-0.1, -0.05) is 46.4 Å². The highest BCUT2D eigenvalue weighted by Crippen LogP contribution is 2.47. The van der Waals surface area contributed by atoms with E-state index in [9.17, 15) is 0 Å². The average Bonchev–Trinajstić information content (AvgIpc) is 2.88. The largest absolute Gasteiger partial charge is 0.147 e. The number of rotatable bonds is 3. The Morgan fingerprint density at radius 2 is 1.67 bits per heavy atom. The fraction of sp³-hybridized carbons (Fsp3) is 0.455. The first-order valence-corrected chi connectivity index (χ1v) is 10.3. The van der Waals surface area contributed by atoms with Gasteiger partial charge in [-0.25, -0.2) is 0 Å². The van der Waals surface area contributed by atoms with Gasteiger partial charge in [0.15, 0.2) is 0 Å². The predicted octanol–water partition coefficient (Wildman–Crippen LogP) is 7.42. The van der Waals surface area contributed by atoms with E-state index >= 15 is 0 Å². The van der Waals surface area contributed by atoms with Crippen molar-refractivity contribution in [1.29, 1.82) is 0 Å². The van der Waals surface area contributed by atoms with Crippen LogP contribution in [0, 0.1) is 6.92 Å². The standard InChI is InChI=1S/C22H27BrS/c1-14(9-17-11-16(23)13-24-17)18-12-20-19(10-15(18)2)21(3,4)7-8-22(20,5)6/h10-13H,1,7-9H2,2-6H3. The third-order valence-electron chi connectivity index (χ3n) is 5.59. The van der Waals surface area contributed by atoms with Gasteiger partial charge in [0.05, 0.1) is 0 Å². The second-order valence-corrected chi connectivity index (χ2v) is 10.4. The van der Waals surface area contributed by atoms with Crippen LogP contribution in [0.25, 0.3) is 5.57 Å². The molecule has 1 aliphatic rings. The first kappa shape index (κ1) is 17.9. The van der Waals surface area contributed by atoms with Crippen LogP contribution in [-0.2, 0) is 17.3 Å². The summed E-state index contributed by atoms with van der Waals surface area (Å²) in [6.45, 7) is 16.2. The minimum atomic E-state index is 0.250. The van der Waals surface area contributed by atoms with Crippen LogP contribution in [-0.4, -0.2) is 0 Å². The molecule has 0 amide bonds. The van der Waals surface area contributed by atoms with Gasteiger partial charge in [-0.2, -0.15) is 0 Å². The van der Waals surface area contributed by atoms with Crippen molar-refractivity contribution in [2.45, 2.75) is 64.7 Å². The lowest BCUT2D eigenvalue weighted by atomic mass is 9.62. The Hall–Kier alpha value is -0.860. The van der Waals surface area contributed by atoms with Gasteiger partial charge in [0.2, 0.25) is 0 Å². The molecule has 0 saturated heterocycles. The van der Waals surface area contributed by atoms with Crippen molar-refractivity contribution in [3.63, 3.8) is 0 Å². The average molecular weight is 403 g/mol. The first-order chi connectivity index (χ1) is 11.1. The zero-order chi connectivity index (χ0) is 17.7. The first-order valence-electron chi connectivity index (χ1n) is 8.67. The third-order valence-corrected chi connectivity index (χ3v) is 7.29. The number of hydrogen-bond acceptors (Lipinski definition) is 1. The number of fused-ring (bicyclic) bond motifs is 1. The number of benzene rings is 1. The minimum Gasteiger partial charge on any atom is -0.147 e. The number of allylic oxidation sites excluding steroid dienone is 1. The van der Waals surface area contributed by atoms with Crippen molar-refractivity contribution in [2.75, 3.05) is 0 Å². The van der Waals surface area contributed by atoms with E-state index in [0.717, 1.165) is 6.42 Å². The van der Waals surface area contributed by atoms with Gasteiger partial charge >= 0.3 is 0 Å². The molecule has 0 atom stereocenters. The summed E-state index contributed by atoms with van der Waals surface area (Å²) in [6.07, 6.45) is 3.44. The molecule has 0 saturated carbocycles. The molecule has 0 unspecified atom stereocenters. The Bertz CT molecular complexity index is 792. The summed E-state index contributed by atoms with van der Waals surface area (Å²) in [5.74, 6) is 0. The normalized spacial score (nSPS) is 18.2. The van der Waals surface area contributed by atoms with Gasteiger partial charge in [0.25, 0.3) is 0 Å². The molecule has 1 aromatic heterocycles. The van der Waals surface area contributed by atoms with Crippen molar-refractivity contribution < 1.29 is 0 Å². The van der Waals surface area contributed by atoms with Crippen LogP contribution in [0.4, 0.5) is 0 Å². The summed E-state index contributed by atoms with van der Waals surface area (Å²) in [4.78, 5) is 1.36. The summed E-state index contributed by atoms with van der Waals surface area (Å²) >= 11 is 5.35. The fourth-order valence-electron chi connectivity index (χ4n) is 3.86. The second kappa shape index (κ2) is 6.14. The third kappa shape index (κ3) is 3.28. The predicted molar refractivity (Wildman–Crippen MR) is 111 cm³/mol. The van der Waals surface area contributed by atoms with E-state index in [0.29, 0.717) is 0 Å². The molecule has 0 bridgehead atoms. The maximum atomic E-state index is 4.41. The molecule has 1 aliphatic carbocycles. The highest BCUT2D eigenvalue weighted by atomic mass is 79.9. The lowest BCUT2D eigenvalue weighted by Gasteiger charge is -2.42. The minimum absolute atomic E-state index is 0.250. The van der Waals surface area contributed by atoms with E-state index in [1.54, 1.807) is 11.3 Å². The summed E-state index contributed by atoms with van der Waals surface area (Å²) in [6, 6.07) is 7.08. The number of aryl methyl sites for hydroxylation is 1. The summed E-state index contributed by atoms with van der Waals surface area (Å²) in [7, 11) is 0. The fourth-order valence-corrected chi connectivity index (χ4v) is 5.35. The zero-order valence-corrected chi connectivity index (χ0v) is 17.8. The van der Waals surface area contributed by atoms with E-state index in [4.69, 9.17) is 0 Å². The van der Waals surface area contributed by atoms with Crippen LogP contribution in [0.2, 0.25) is 0 Å². The highest BCUT2D eigenvalue weighted by Gasteiger charge is 2.37. The summed E-state index contributed by atoms with van der Waals surface area (Å²) in [5.41, 5.74) is 7.50. The monoisotopic (exact) mass is 402 g/mol. The number of hydrogen-bond donors (Lipinski definition) is 0. The Kier molecular flexibility index (Phi) is 4.59. The molecule has 0 N–H and O–H groups in total. The molecule has 0 spiro atoms. The van der Waals surface area contributed by atoms with Crippen LogP contribution in [0.15, 0.2) is 34.6 Å². The molecular weight excluding hydrogens is 376 g/mol. The molecule has 0 fully saturated rings. The van der Waals surface area contributed by atoms with Gasteiger partial charge in [0.1, 0.15) is 0 Å². The molecule has 1 aromatic carbocycles. The van der Waals surface area contributed by atoms with E-state index < -0.39 is 0 Å². The molecule has 0 radical (unpaired) electrons. The lowest BCUT2D eigenvalue weighted by molar-refractivity contribution is 0.331. The molecule has 3 rings (SSSR count). The topological polar surface area (TPSA) is 0 Å². The molecule has 2 aromatic rings. The number of halogens is 1. The van der Waals surface area contributed by atoms with Crippen molar-refractivity contribution in [2.24, 2.45) is 0 Å². The zero-order valence-electron chi connectivity index (χ0n) is 15.4. The Morgan fingerprint density at radius 3 is 2.21 bits per heavy atom. The number of thiophene rings is 1. The van der Waals surface area contributed by atoms with Gasteiger partial charge in [-0.3, -0.25) is 0 Å². The van der Waals surface area contributed by atoms with E-state index in [1.165, 1.54) is 50.0 Å². The molecule has 2 heteroatoms. The molecule has 0 aliphatic heterocycles. The highest BCUT2D eigenvalue weighted by molar-refractivity contribution is 9.10. The van der Waals surface area contributed by atoms with Gasteiger partial charge in [-0.05, 0) is 80.4 Å². The van der Waals surface area contributed by atoms with Gasteiger partial charge < -0.3 is 0 Å². The lowest BCUT2D eigenvalue weighted by Crippen LogP contribution is -2.34. The molecule has 24 heavy (non-hydrogen) atoms. The maximum Gasteiger partial charge on any atom is 0.0285 e. The SMILES string of the molecule is C=C(Cc1cc(Br)cs1)c1cc2c(cc1C)C(C)(C)CCC2(C)C. The van der Waals surface area contributed by atoms with Crippen molar-refractivity contribution in [3.05, 3.63) is 61.8 Å². The van der Waals surface area contributed by atoms with Crippen LogP contribution in [0.1, 0.15) is 67.7 Å². The van der Waals surface area contributed by atoms with Crippen LogP contribution in [0.5, 0.6) is 0 Å². The van der Waals surface area contributed by atoms with E-state index in [2.05, 4.69) is 80.7 Å². The van der Waals surface area contributed by atoms with Gasteiger partial charge in [0, 0.05) is 21.2 Å². The Balaban J connectivity index is 2.02. The van der Waals surface area contributed by atoms with Crippen LogP contribution >= 0.6 is 27.3 Å². The van der Waals surface area contributed by atoms with Crippen molar-refractivity contribution >= 4 is 32.8 Å². The van der Waals surface area contributed by atoms with Crippen LogP contribution < -0.4 is 0 Å². The summed E-state index contributed by atoms with van der Waals surface area (Å²) < 4.78 is 1.17. The molecule has 1 heterocycles. The second-order valence-electron chi connectivity index (χ2n) is 8.49. The smallest absolute Gasteiger partial charge is 0.0285 e. The van der Waals surface area contributed by atoms with E-state index in [1.807, 2.05) is 0 Å². The molecular formula is C22H27BrS. The van der Waals surface area contributed by atoms with E-state index in [-0.39, 0.29) is 10.8 Å². The van der Waals surface area contributed by atoms with Crippen LogP contribution in [0.3, 0.4) is 0 Å². The van der Waals surface area contributed by atoms with Gasteiger partial charge in [-0.15, -0.1) is 11.3 Å². The Labute approximate surface area is 159 Å².